The number of hydrogen-bond donors (Lipinski definition) is 2. The topological polar surface area (TPSA) is 88.7 Å². The summed E-state index contributed by atoms with van der Waals surface area (Å²) in [5.74, 6) is 0.343. The number of methoxy groups -OCH3 is 1. The van der Waals surface area contributed by atoms with Crippen LogP contribution in [0.1, 0.15) is 54.4 Å². The lowest BCUT2D eigenvalue weighted by Gasteiger charge is -2.19. The molecule has 1 heterocycles. The Hall–Kier alpha value is -3.55. The number of nitrogens with zero attached hydrogens (tertiary/aromatic N) is 3. The summed E-state index contributed by atoms with van der Waals surface area (Å²) in [7, 11) is 3.45. The first-order valence-corrected chi connectivity index (χ1v) is 12.9. The fourth-order valence-electron chi connectivity index (χ4n) is 4.36. The highest BCUT2D eigenvalue weighted by Gasteiger charge is 2.16. The van der Waals surface area contributed by atoms with Crippen LogP contribution in [-0.2, 0) is 18.2 Å². The van der Waals surface area contributed by atoms with E-state index in [1.807, 2.05) is 30.4 Å². The Labute approximate surface area is 219 Å². The molecule has 1 aromatic carbocycles. The van der Waals surface area contributed by atoms with Crippen LogP contribution in [0, 0.1) is 5.92 Å². The Bertz CT molecular complexity index is 1140. The molecule has 2 aliphatic rings. The van der Waals surface area contributed by atoms with Crippen molar-refractivity contribution < 1.29 is 14.7 Å². The van der Waals surface area contributed by atoms with Crippen LogP contribution in [0.5, 0.6) is 0 Å². The monoisotopic (exact) mass is 502 g/mol. The van der Waals surface area contributed by atoms with Crippen molar-refractivity contribution in [1.29, 1.82) is 0 Å². The third kappa shape index (κ3) is 9.12. The molecular formula is C30H38N4O3. The first-order chi connectivity index (χ1) is 18.1. The maximum absolute atomic E-state index is 11.8. The maximum Gasteiger partial charge on any atom is 0.280 e. The highest BCUT2D eigenvalue weighted by Crippen LogP contribution is 2.28. The van der Waals surface area contributed by atoms with Gasteiger partial charge in [-0.05, 0) is 48.3 Å². The summed E-state index contributed by atoms with van der Waals surface area (Å²) in [6, 6.07) is 10.3. The van der Waals surface area contributed by atoms with Crippen molar-refractivity contribution >= 4 is 17.9 Å². The molecule has 2 aromatic rings. The van der Waals surface area contributed by atoms with E-state index in [1.165, 1.54) is 48.5 Å². The number of carbonyl (C=O) groups excluding carboxylic acids is 1. The number of amides is 1. The van der Waals surface area contributed by atoms with Gasteiger partial charge in [0.25, 0.3) is 5.91 Å². The molecule has 37 heavy (non-hydrogen) atoms. The maximum atomic E-state index is 11.8. The molecule has 0 aliphatic heterocycles. The van der Waals surface area contributed by atoms with Gasteiger partial charge >= 0.3 is 0 Å². The summed E-state index contributed by atoms with van der Waals surface area (Å²) in [5.41, 5.74) is 5.41. The predicted octanol–water partition coefficient (Wildman–Crippen LogP) is 6.07. The number of aliphatic imine (C=N–C) groups is 1. The van der Waals surface area contributed by atoms with E-state index in [1.54, 1.807) is 25.9 Å². The molecule has 2 aliphatic carbocycles. The second kappa shape index (κ2) is 15.5. The minimum absolute atomic E-state index is 0.236. The van der Waals surface area contributed by atoms with Crippen LogP contribution in [0.3, 0.4) is 0 Å². The predicted molar refractivity (Wildman–Crippen MR) is 148 cm³/mol. The van der Waals surface area contributed by atoms with E-state index in [-0.39, 0.29) is 5.56 Å². The van der Waals surface area contributed by atoms with E-state index >= 15 is 0 Å². The molecule has 0 radical (unpaired) electrons. The minimum atomic E-state index is -0.620. The average Bonchev–Trinajstić information content (AvgIpc) is 3.12. The fraction of sp³-hybridized carbons (Fsp3) is 0.367. The lowest BCUT2D eigenvalue weighted by Crippen LogP contribution is -2.18. The normalized spacial score (nSPS) is 16.2. The fourth-order valence-corrected chi connectivity index (χ4v) is 4.36. The number of ether oxygens (including phenoxy) is 1. The van der Waals surface area contributed by atoms with Crippen LogP contribution in [0.2, 0.25) is 0 Å². The van der Waals surface area contributed by atoms with Gasteiger partial charge in [0.15, 0.2) is 5.82 Å². The highest BCUT2D eigenvalue weighted by atomic mass is 16.5. The molecule has 0 saturated heterocycles. The highest BCUT2D eigenvalue weighted by molar-refractivity contribution is 5.98. The minimum Gasteiger partial charge on any atom is -0.384 e. The largest absolute Gasteiger partial charge is 0.384 e. The lowest BCUT2D eigenvalue weighted by atomic mass is 9.87. The molecule has 1 fully saturated rings. The van der Waals surface area contributed by atoms with E-state index in [4.69, 9.17) is 9.94 Å². The van der Waals surface area contributed by atoms with Gasteiger partial charge in [-0.25, -0.2) is 10.5 Å². The molecule has 1 aromatic heterocycles. The molecule has 7 heteroatoms. The Balaban J connectivity index is 0.000000319. The van der Waals surface area contributed by atoms with Crippen molar-refractivity contribution in [1.82, 2.24) is 15.3 Å². The van der Waals surface area contributed by atoms with Gasteiger partial charge in [-0.2, -0.15) is 5.10 Å². The molecule has 1 amide bonds. The molecule has 0 atom stereocenters. The lowest BCUT2D eigenvalue weighted by molar-refractivity contribution is 0.0707. The zero-order valence-corrected chi connectivity index (χ0v) is 21.8. The third-order valence-corrected chi connectivity index (χ3v) is 6.41. The summed E-state index contributed by atoms with van der Waals surface area (Å²) >= 11 is 0. The van der Waals surface area contributed by atoms with Gasteiger partial charge in [0.2, 0.25) is 0 Å². The zero-order chi connectivity index (χ0) is 26.3. The molecule has 196 valence electrons. The average molecular weight is 503 g/mol. The molecule has 0 spiro atoms. The van der Waals surface area contributed by atoms with Crippen molar-refractivity contribution in [3.05, 3.63) is 95.3 Å². The van der Waals surface area contributed by atoms with Crippen molar-refractivity contribution in [3.63, 3.8) is 0 Å². The number of allylic oxidation sites excluding steroid dienone is 8. The van der Waals surface area contributed by atoms with E-state index in [9.17, 15) is 4.79 Å². The quantitative estimate of drug-likeness (QED) is 0.261. The van der Waals surface area contributed by atoms with Crippen molar-refractivity contribution in [3.8, 4) is 0 Å². The number of hydroxylamine groups is 1. The summed E-state index contributed by atoms with van der Waals surface area (Å²) < 4.78 is 6.47. The molecule has 0 unspecified atom stereocenters. The van der Waals surface area contributed by atoms with Crippen molar-refractivity contribution in [2.45, 2.75) is 44.9 Å². The molecular weight excluding hydrogens is 464 g/mol. The first-order valence-electron chi connectivity index (χ1n) is 12.9. The van der Waals surface area contributed by atoms with Crippen LogP contribution in [-0.4, -0.2) is 40.8 Å². The number of carbonyl (C=O) groups is 1. The third-order valence-electron chi connectivity index (χ3n) is 6.41. The number of nitrogens with one attached hydrogen (secondary N) is 1. The summed E-state index contributed by atoms with van der Waals surface area (Å²) in [6.45, 7) is 0.810. The number of benzene rings is 1. The Morgan fingerprint density at radius 3 is 2.73 bits per heavy atom. The number of aromatic nitrogens is 2. The van der Waals surface area contributed by atoms with Crippen LogP contribution in [0.15, 0.2) is 89.1 Å². The zero-order valence-electron chi connectivity index (χ0n) is 21.8. The number of hydrogen-bond acceptors (Lipinski definition) is 5. The van der Waals surface area contributed by atoms with Crippen LogP contribution in [0.25, 0.3) is 0 Å². The van der Waals surface area contributed by atoms with Gasteiger partial charge in [-0.1, -0.05) is 86.1 Å². The van der Waals surface area contributed by atoms with E-state index in [2.05, 4.69) is 46.5 Å². The molecule has 4 rings (SSSR count). The molecule has 2 N–H and O–H groups in total. The second-order valence-corrected chi connectivity index (χ2v) is 9.14. The van der Waals surface area contributed by atoms with Crippen molar-refractivity contribution in [2.75, 3.05) is 13.7 Å². The number of rotatable bonds is 8. The number of aryl methyl sites for hydroxylation is 1. The summed E-state index contributed by atoms with van der Waals surface area (Å²) in [6.07, 6.45) is 24.1. The van der Waals surface area contributed by atoms with Crippen LogP contribution >= 0.6 is 0 Å². The van der Waals surface area contributed by atoms with E-state index in [0.717, 1.165) is 30.6 Å². The Morgan fingerprint density at radius 1 is 1.22 bits per heavy atom. The molecule has 7 nitrogen and oxygen atoms in total. The summed E-state index contributed by atoms with van der Waals surface area (Å²) in [5, 5.41) is 13.0. The van der Waals surface area contributed by atoms with Gasteiger partial charge in [-0.15, -0.1) is 0 Å². The van der Waals surface area contributed by atoms with Gasteiger partial charge in [0.05, 0.1) is 12.8 Å². The van der Waals surface area contributed by atoms with Gasteiger partial charge in [-0.3, -0.25) is 14.7 Å². The Kier molecular flexibility index (Phi) is 11.8. The van der Waals surface area contributed by atoms with E-state index in [0.29, 0.717) is 11.7 Å². The van der Waals surface area contributed by atoms with Gasteiger partial charge < -0.3 is 4.74 Å². The van der Waals surface area contributed by atoms with Gasteiger partial charge in [0.1, 0.15) is 5.56 Å². The molecule has 0 bridgehead atoms. The smallest absolute Gasteiger partial charge is 0.280 e. The second-order valence-electron chi connectivity index (χ2n) is 9.14. The Morgan fingerprint density at radius 2 is 2.00 bits per heavy atom. The van der Waals surface area contributed by atoms with E-state index < -0.39 is 5.91 Å². The standard InChI is InChI=1S/C21H26N4O2.C9H12O/c1-25-20(19(15-23-25)21(26)24-27)22-14-18(13-16-9-5-4-6-10-16)17-11-7-2-3-8-12-17;1-10-8-7-9-5-3-2-4-6-9/h2-3,7,11-16,27H,4-6,8-10H2,1H3,(H,24,26);2-6H,7-8H2,1H3/b18-13-,22-14-;. The SMILES string of the molecule is COCCc1ccccc1.Cn1ncc(C(=O)NO)c1/N=C\C(=C\C1CCCCC1)C1=CCC=CC=C1. The molecule has 1 saturated carbocycles. The van der Waals surface area contributed by atoms with Crippen molar-refractivity contribution in [2.24, 2.45) is 18.0 Å². The van der Waals surface area contributed by atoms with Crippen LogP contribution < -0.4 is 5.48 Å². The summed E-state index contributed by atoms with van der Waals surface area (Å²) in [4.78, 5) is 16.4. The van der Waals surface area contributed by atoms with Gasteiger partial charge in [0, 0.05) is 20.4 Å². The van der Waals surface area contributed by atoms with Crippen LogP contribution in [0.4, 0.5) is 5.82 Å². The first kappa shape index (κ1) is 28.0.